The van der Waals surface area contributed by atoms with Crippen molar-refractivity contribution in [2.24, 2.45) is 5.92 Å². The van der Waals surface area contributed by atoms with Gasteiger partial charge in [0.05, 0.1) is 6.10 Å². The lowest BCUT2D eigenvalue weighted by atomic mass is 9.84. The van der Waals surface area contributed by atoms with Gasteiger partial charge >= 0.3 is 0 Å². The molecule has 1 unspecified atom stereocenters. The van der Waals surface area contributed by atoms with E-state index in [1.165, 1.54) is 32.1 Å². The third-order valence-electron chi connectivity index (χ3n) is 5.03. The molecule has 0 amide bonds. The van der Waals surface area contributed by atoms with Crippen LogP contribution in [0.4, 0.5) is 0 Å². The third kappa shape index (κ3) is 5.08. The zero-order valence-electron chi connectivity index (χ0n) is 13.3. The van der Waals surface area contributed by atoms with Crippen molar-refractivity contribution in [3.8, 4) is 0 Å². The molecule has 0 saturated heterocycles. The predicted molar refractivity (Wildman–Crippen MR) is 92.4 cm³/mol. The summed E-state index contributed by atoms with van der Waals surface area (Å²) in [6.45, 7) is 3.28. The van der Waals surface area contributed by atoms with Gasteiger partial charge in [-0.1, -0.05) is 41.4 Å². The molecule has 0 bridgehead atoms. The van der Waals surface area contributed by atoms with Gasteiger partial charge in [-0.2, -0.15) is 0 Å². The number of aliphatic hydroxyl groups is 1. The number of benzene rings is 1. The minimum Gasteiger partial charge on any atom is -0.388 e. The minimum absolute atomic E-state index is 0.354. The Bertz CT molecular complexity index is 412. The summed E-state index contributed by atoms with van der Waals surface area (Å²) in [6, 6.07) is 8.70. The first-order valence-corrected chi connectivity index (χ1v) is 9.03. The van der Waals surface area contributed by atoms with Crippen molar-refractivity contribution in [3.63, 3.8) is 0 Å². The molecule has 1 aliphatic carbocycles. The summed E-state index contributed by atoms with van der Waals surface area (Å²) in [7, 11) is 2.21. The molecule has 21 heavy (non-hydrogen) atoms. The molecule has 0 radical (unpaired) electrons. The molecule has 2 rings (SSSR count). The standard InChI is InChI=1S/C18H28BrNO/c1-3-14-4-10-17(11-5-14)20(2)13-12-18(21)15-6-8-16(19)9-7-15/h6-9,14,17-18,21H,3-5,10-13H2,1-2H3. The first-order valence-electron chi connectivity index (χ1n) is 8.24. The average molecular weight is 354 g/mol. The first-order chi connectivity index (χ1) is 10.1. The van der Waals surface area contributed by atoms with Crippen LogP contribution in [-0.4, -0.2) is 29.6 Å². The summed E-state index contributed by atoms with van der Waals surface area (Å²) in [4.78, 5) is 2.45. The predicted octanol–water partition coefficient (Wildman–Crippen LogP) is 4.77. The van der Waals surface area contributed by atoms with Crippen molar-refractivity contribution < 1.29 is 5.11 Å². The zero-order chi connectivity index (χ0) is 15.2. The van der Waals surface area contributed by atoms with Crippen LogP contribution in [0, 0.1) is 5.92 Å². The smallest absolute Gasteiger partial charge is 0.0802 e. The van der Waals surface area contributed by atoms with Gasteiger partial charge in [-0.05, 0) is 62.8 Å². The van der Waals surface area contributed by atoms with E-state index in [0.717, 1.165) is 28.9 Å². The Hall–Kier alpha value is -0.380. The van der Waals surface area contributed by atoms with Crippen LogP contribution in [0.15, 0.2) is 28.7 Å². The number of hydrogen-bond acceptors (Lipinski definition) is 2. The molecule has 1 aliphatic rings. The Morgan fingerprint density at radius 3 is 2.38 bits per heavy atom. The van der Waals surface area contributed by atoms with Crippen LogP contribution in [0.5, 0.6) is 0 Å². The summed E-state index contributed by atoms with van der Waals surface area (Å²) in [5.74, 6) is 0.947. The maximum absolute atomic E-state index is 10.3. The lowest BCUT2D eigenvalue weighted by Gasteiger charge is -2.34. The first kappa shape index (κ1) is 17.0. The van der Waals surface area contributed by atoms with Gasteiger partial charge < -0.3 is 10.0 Å². The maximum atomic E-state index is 10.3. The van der Waals surface area contributed by atoms with Crippen LogP contribution in [0.25, 0.3) is 0 Å². The van der Waals surface area contributed by atoms with Crippen LogP contribution in [-0.2, 0) is 0 Å². The Kier molecular flexibility index (Phi) is 6.72. The monoisotopic (exact) mass is 353 g/mol. The largest absolute Gasteiger partial charge is 0.388 e. The Labute approximate surface area is 137 Å². The van der Waals surface area contributed by atoms with E-state index in [4.69, 9.17) is 0 Å². The molecule has 2 nitrogen and oxygen atoms in total. The topological polar surface area (TPSA) is 23.5 Å². The highest BCUT2D eigenvalue weighted by atomic mass is 79.9. The van der Waals surface area contributed by atoms with E-state index in [1.807, 2.05) is 24.3 Å². The molecule has 1 saturated carbocycles. The van der Waals surface area contributed by atoms with E-state index in [0.29, 0.717) is 6.04 Å². The molecule has 118 valence electrons. The van der Waals surface area contributed by atoms with Crippen molar-refractivity contribution in [1.82, 2.24) is 4.90 Å². The lowest BCUT2D eigenvalue weighted by Crippen LogP contribution is -2.36. The van der Waals surface area contributed by atoms with Crippen molar-refractivity contribution >= 4 is 15.9 Å². The third-order valence-corrected chi connectivity index (χ3v) is 5.56. The summed E-state index contributed by atoms with van der Waals surface area (Å²) in [5.41, 5.74) is 1.02. The Morgan fingerprint density at radius 2 is 1.81 bits per heavy atom. The van der Waals surface area contributed by atoms with Gasteiger partial charge in [0.15, 0.2) is 0 Å². The van der Waals surface area contributed by atoms with Crippen molar-refractivity contribution in [1.29, 1.82) is 0 Å². The SMILES string of the molecule is CCC1CCC(N(C)CCC(O)c2ccc(Br)cc2)CC1. The van der Waals surface area contributed by atoms with Gasteiger partial charge in [0.25, 0.3) is 0 Å². The second kappa shape index (κ2) is 8.30. The number of hydrogen-bond donors (Lipinski definition) is 1. The fourth-order valence-corrected chi connectivity index (χ4v) is 3.62. The highest BCUT2D eigenvalue weighted by Gasteiger charge is 2.23. The second-order valence-electron chi connectivity index (χ2n) is 6.42. The lowest BCUT2D eigenvalue weighted by molar-refractivity contribution is 0.117. The van der Waals surface area contributed by atoms with Gasteiger partial charge in [0.1, 0.15) is 0 Å². The molecule has 1 aromatic rings. The highest BCUT2D eigenvalue weighted by Crippen LogP contribution is 2.29. The number of aliphatic hydroxyl groups excluding tert-OH is 1. The van der Waals surface area contributed by atoms with Crippen molar-refractivity contribution in [2.75, 3.05) is 13.6 Å². The molecule has 0 aliphatic heterocycles. The zero-order valence-corrected chi connectivity index (χ0v) is 14.8. The quantitative estimate of drug-likeness (QED) is 0.795. The van der Waals surface area contributed by atoms with E-state index in [9.17, 15) is 5.11 Å². The van der Waals surface area contributed by atoms with E-state index >= 15 is 0 Å². The van der Waals surface area contributed by atoms with Crippen LogP contribution < -0.4 is 0 Å². The maximum Gasteiger partial charge on any atom is 0.0802 e. The molecule has 0 aromatic heterocycles. The molecule has 3 heteroatoms. The molecule has 1 atom stereocenters. The summed E-state index contributed by atoms with van der Waals surface area (Å²) in [6.07, 6.45) is 7.19. The minimum atomic E-state index is -0.354. The molecule has 0 heterocycles. The van der Waals surface area contributed by atoms with Gasteiger partial charge in [-0.15, -0.1) is 0 Å². The molecular formula is C18H28BrNO. The Balaban J connectivity index is 1.76. The van der Waals surface area contributed by atoms with Gasteiger partial charge in [-0.3, -0.25) is 0 Å². The van der Waals surface area contributed by atoms with E-state index < -0.39 is 0 Å². The van der Waals surface area contributed by atoms with E-state index in [-0.39, 0.29) is 6.10 Å². The molecular weight excluding hydrogens is 326 g/mol. The summed E-state index contributed by atoms with van der Waals surface area (Å²) >= 11 is 3.43. The molecule has 1 N–H and O–H groups in total. The normalized spacial score (nSPS) is 24.2. The summed E-state index contributed by atoms with van der Waals surface area (Å²) in [5, 5.41) is 10.3. The number of rotatable bonds is 6. The van der Waals surface area contributed by atoms with E-state index in [1.54, 1.807) is 0 Å². The van der Waals surface area contributed by atoms with E-state index in [2.05, 4.69) is 34.8 Å². The van der Waals surface area contributed by atoms with Crippen LogP contribution in [0.1, 0.15) is 57.1 Å². The average Bonchev–Trinajstić information content (AvgIpc) is 2.53. The van der Waals surface area contributed by atoms with Crippen LogP contribution >= 0.6 is 15.9 Å². The van der Waals surface area contributed by atoms with Gasteiger partial charge in [-0.25, -0.2) is 0 Å². The van der Waals surface area contributed by atoms with Gasteiger partial charge in [0.2, 0.25) is 0 Å². The fraction of sp³-hybridized carbons (Fsp3) is 0.667. The van der Waals surface area contributed by atoms with Crippen LogP contribution in [0.3, 0.4) is 0 Å². The van der Waals surface area contributed by atoms with Crippen molar-refractivity contribution in [3.05, 3.63) is 34.3 Å². The molecule has 0 spiro atoms. The fourth-order valence-electron chi connectivity index (χ4n) is 3.35. The number of nitrogens with zero attached hydrogens (tertiary/aromatic N) is 1. The van der Waals surface area contributed by atoms with Crippen molar-refractivity contribution in [2.45, 2.75) is 57.6 Å². The highest BCUT2D eigenvalue weighted by molar-refractivity contribution is 9.10. The summed E-state index contributed by atoms with van der Waals surface area (Å²) < 4.78 is 1.06. The van der Waals surface area contributed by atoms with Gasteiger partial charge in [0, 0.05) is 17.1 Å². The number of halogens is 1. The molecule has 1 aromatic carbocycles. The molecule has 1 fully saturated rings. The van der Waals surface area contributed by atoms with Crippen LogP contribution in [0.2, 0.25) is 0 Å². The second-order valence-corrected chi connectivity index (χ2v) is 7.34. The Morgan fingerprint density at radius 1 is 1.19 bits per heavy atom.